The molecule has 0 aliphatic rings. The molecule has 0 unspecified atom stereocenters. The lowest BCUT2D eigenvalue weighted by molar-refractivity contribution is 0.113. The van der Waals surface area contributed by atoms with Gasteiger partial charge in [0.1, 0.15) is 0 Å². The molecular formula is C15H32BrNO2. The minimum Gasteiger partial charge on any atom is -0.383 e. The monoisotopic (exact) mass is 337 g/mol. The van der Waals surface area contributed by atoms with Gasteiger partial charge >= 0.3 is 0 Å². The van der Waals surface area contributed by atoms with Crippen molar-refractivity contribution < 1.29 is 9.47 Å². The van der Waals surface area contributed by atoms with Crippen molar-refractivity contribution in [3.8, 4) is 0 Å². The highest BCUT2D eigenvalue weighted by Crippen LogP contribution is 2.08. The highest BCUT2D eigenvalue weighted by atomic mass is 79.9. The zero-order chi connectivity index (χ0) is 14.2. The second-order valence-electron chi connectivity index (χ2n) is 4.99. The van der Waals surface area contributed by atoms with Crippen LogP contribution in [0.4, 0.5) is 0 Å². The Morgan fingerprint density at radius 1 is 0.684 bits per heavy atom. The SMILES string of the molecule is COCCN(CCCCCCCCCBr)CCOC. The van der Waals surface area contributed by atoms with E-state index >= 15 is 0 Å². The lowest BCUT2D eigenvalue weighted by Crippen LogP contribution is -2.31. The average molecular weight is 338 g/mol. The normalized spacial score (nSPS) is 11.4. The van der Waals surface area contributed by atoms with Gasteiger partial charge in [0, 0.05) is 32.6 Å². The van der Waals surface area contributed by atoms with E-state index in [9.17, 15) is 0 Å². The van der Waals surface area contributed by atoms with Gasteiger partial charge in [-0.1, -0.05) is 48.0 Å². The molecule has 0 aromatic heterocycles. The Hall–Kier alpha value is 0.360. The largest absolute Gasteiger partial charge is 0.383 e. The molecule has 3 nitrogen and oxygen atoms in total. The van der Waals surface area contributed by atoms with Crippen molar-refractivity contribution in [3.05, 3.63) is 0 Å². The van der Waals surface area contributed by atoms with E-state index in [-0.39, 0.29) is 0 Å². The van der Waals surface area contributed by atoms with Crippen LogP contribution in [0.5, 0.6) is 0 Å². The average Bonchev–Trinajstić information content (AvgIpc) is 2.43. The molecule has 0 aliphatic carbocycles. The van der Waals surface area contributed by atoms with E-state index in [1.165, 1.54) is 51.5 Å². The van der Waals surface area contributed by atoms with Gasteiger partial charge in [-0.25, -0.2) is 0 Å². The highest BCUT2D eigenvalue weighted by molar-refractivity contribution is 9.09. The number of hydrogen-bond acceptors (Lipinski definition) is 3. The second-order valence-corrected chi connectivity index (χ2v) is 5.78. The maximum Gasteiger partial charge on any atom is 0.0589 e. The fourth-order valence-corrected chi connectivity index (χ4v) is 2.49. The standard InChI is InChI=1S/C15H32BrNO2/c1-18-14-12-17(13-15-19-2)11-9-7-5-3-4-6-8-10-16/h3-15H2,1-2H3. The van der Waals surface area contributed by atoms with Gasteiger partial charge in [-0.15, -0.1) is 0 Å². The van der Waals surface area contributed by atoms with Crippen LogP contribution in [0.2, 0.25) is 0 Å². The number of methoxy groups -OCH3 is 2. The number of unbranched alkanes of at least 4 members (excludes halogenated alkanes) is 6. The number of nitrogens with zero attached hydrogens (tertiary/aromatic N) is 1. The Bertz CT molecular complexity index is 162. The van der Waals surface area contributed by atoms with Crippen LogP contribution in [0, 0.1) is 0 Å². The zero-order valence-corrected chi connectivity index (χ0v) is 14.4. The van der Waals surface area contributed by atoms with Gasteiger partial charge in [0.2, 0.25) is 0 Å². The first-order valence-corrected chi connectivity index (χ1v) is 8.73. The molecule has 0 heterocycles. The van der Waals surface area contributed by atoms with Gasteiger partial charge in [-0.2, -0.15) is 0 Å². The van der Waals surface area contributed by atoms with Gasteiger partial charge in [-0.3, -0.25) is 4.90 Å². The molecule has 0 fully saturated rings. The van der Waals surface area contributed by atoms with Crippen LogP contribution in [-0.4, -0.2) is 57.3 Å². The van der Waals surface area contributed by atoms with Gasteiger partial charge in [0.05, 0.1) is 13.2 Å². The molecule has 0 saturated carbocycles. The summed E-state index contributed by atoms with van der Waals surface area (Å²) in [6.07, 6.45) is 9.51. The maximum atomic E-state index is 5.15. The van der Waals surface area contributed by atoms with Gasteiger partial charge < -0.3 is 9.47 Å². The molecule has 116 valence electrons. The lowest BCUT2D eigenvalue weighted by atomic mass is 10.1. The summed E-state index contributed by atoms with van der Waals surface area (Å²) >= 11 is 3.47. The maximum absolute atomic E-state index is 5.15. The molecule has 0 radical (unpaired) electrons. The topological polar surface area (TPSA) is 21.7 Å². The molecule has 0 N–H and O–H groups in total. The van der Waals surface area contributed by atoms with Gasteiger partial charge in [0.25, 0.3) is 0 Å². The van der Waals surface area contributed by atoms with Crippen LogP contribution >= 0.6 is 15.9 Å². The molecule has 0 aromatic carbocycles. The van der Waals surface area contributed by atoms with Crippen LogP contribution in [0.25, 0.3) is 0 Å². The third kappa shape index (κ3) is 14.6. The summed E-state index contributed by atoms with van der Waals surface area (Å²) in [4.78, 5) is 2.44. The number of alkyl halides is 1. The summed E-state index contributed by atoms with van der Waals surface area (Å²) in [6.45, 7) is 4.84. The predicted molar refractivity (Wildman–Crippen MR) is 86.3 cm³/mol. The summed E-state index contributed by atoms with van der Waals surface area (Å²) in [5.41, 5.74) is 0. The van der Waals surface area contributed by atoms with E-state index in [0.29, 0.717) is 0 Å². The van der Waals surface area contributed by atoms with E-state index < -0.39 is 0 Å². The van der Waals surface area contributed by atoms with Crippen LogP contribution in [-0.2, 0) is 9.47 Å². The molecule has 0 bridgehead atoms. The van der Waals surface area contributed by atoms with Crippen LogP contribution in [0.15, 0.2) is 0 Å². The molecule has 0 aliphatic heterocycles. The van der Waals surface area contributed by atoms with Crippen molar-refractivity contribution in [2.45, 2.75) is 44.9 Å². The van der Waals surface area contributed by atoms with Crippen LogP contribution in [0.1, 0.15) is 44.9 Å². The minimum absolute atomic E-state index is 0.816. The van der Waals surface area contributed by atoms with Gasteiger partial charge in [-0.05, 0) is 19.4 Å². The van der Waals surface area contributed by atoms with E-state index in [2.05, 4.69) is 20.8 Å². The number of ether oxygens (including phenoxy) is 2. The first-order valence-electron chi connectivity index (χ1n) is 7.61. The fraction of sp³-hybridized carbons (Fsp3) is 1.00. The molecular weight excluding hydrogens is 306 g/mol. The summed E-state index contributed by atoms with van der Waals surface area (Å²) in [5.74, 6) is 0. The van der Waals surface area contributed by atoms with E-state index in [1.54, 1.807) is 14.2 Å². The number of hydrogen-bond donors (Lipinski definition) is 0. The fourth-order valence-electron chi connectivity index (χ4n) is 2.09. The molecule has 19 heavy (non-hydrogen) atoms. The third-order valence-electron chi connectivity index (χ3n) is 3.33. The Labute approximate surface area is 128 Å². The molecule has 0 saturated heterocycles. The molecule has 0 spiro atoms. The molecule has 0 rings (SSSR count). The first-order chi connectivity index (χ1) is 9.35. The summed E-state index contributed by atoms with van der Waals surface area (Å²) < 4.78 is 10.3. The Morgan fingerprint density at radius 2 is 1.16 bits per heavy atom. The van der Waals surface area contributed by atoms with Crippen molar-refractivity contribution >= 4 is 15.9 Å². The number of rotatable bonds is 15. The second kappa shape index (κ2) is 16.4. The van der Waals surface area contributed by atoms with Gasteiger partial charge in [0.15, 0.2) is 0 Å². The lowest BCUT2D eigenvalue weighted by Gasteiger charge is -2.21. The van der Waals surface area contributed by atoms with Crippen LogP contribution in [0.3, 0.4) is 0 Å². The summed E-state index contributed by atoms with van der Waals surface area (Å²) in [7, 11) is 3.53. The summed E-state index contributed by atoms with van der Waals surface area (Å²) in [5, 5.41) is 1.15. The van der Waals surface area contributed by atoms with Crippen molar-refractivity contribution in [2.24, 2.45) is 0 Å². The quantitative estimate of drug-likeness (QED) is 0.336. The number of halogens is 1. The van der Waals surface area contributed by atoms with Crippen molar-refractivity contribution in [1.82, 2.24) is 4.90 Å². The van der Waals surface area contributed by atoms with Crippen LogP contribution < -0.4 is 0 Å². The highest BCUT2D eigenvalue weighted by Gasteiger charge is 2.03. The minimum atomic E-state index is 0.816. The van der Waals surface area contributed by atoms with E-state index in [4.69, 9.17) is 9.47 Å². The third-order valence-corrected chi connectivity index (χ3v) is 3.89. The van der Waals surface area contributed by atoms with Crippen molar-refractivity contribution in [1.29, 1.82) is 0 Å². The van der Waals surface area contributed by atoms with Crippen molar-refractivity contribution in [3.63, 3.8) is 0 Å². The van der Waals surface area contributed by atoms with Crippen molar-refractivity contribution in [2.75, 3.05) is 52.4 Å². The van der Waals surface area contributed by atoms with E-state index in [1.807, 2.05) is 0 Å². The summed E-state index contributed by atoms with van der Waals surface area (Å²) in [6, 6.07) is 0. The van der Waals surface area contributed by atoms with E-state index in [0.717, 1.165) is 31.6 Å². The molecule has 0 amide bonds. The predicted octanol–water partition coefficient (Wildman–Crippen LogP) is 3.71. The smallest absolute Gasteiger partial charge is 0.0589 e. The molecule has 0 aromatic rings. The Balaban J connectivity index is 3.40. The molecule has 4 heteroatoms. The zero-order valence-electron chi connectivity index (χ0n) is 12.8. The Kier molecular flexibility index (Phi) is 16.7. The Morgan fingerprint density at radius 3 is 1.63 bits per heavy atom. The first kappa shape index (κ1) is 19.4. The molecule has 0 atom stereocenters.